The van der Waals surface area contributed by atoms with Crippen molar-refractivity contribution in [1.82, 2.24) is 0 Å². The van der Waals surface area contributed by atoms with E-state index in [1.165, 1.54) is 0 Å². The van der Waals surface area contributed by atoms with Crippen LogP contribution >= 0.6 is 0 Å². The Hall–Kier alpha value is -0.550. The van der Waals surface area contributed by atoms with Gasteiger partial charge in [-0.05, 0) is 59.8 Å². The van der Waals surface area contributed by atoms with Crippen molar-refractivity contribution in [3.05, 3.63) is 0 Å². The van der Waals surface area contributed by atoms with E-state index >= 15 is 0 Å². The number of rotatable bonds is 5. The average molecular weight is 315 g/mol. The van der Waals surface area contributed by atoms with Gasteiger partial charge in [0.05, 0.1) is 18.2 Å². The molecule has 0 saturated heterocycles. The number of nitrogens with zero attached hydrogens (tertiary/aromatic N) is 1. The summed E-state index contributed by atoms with van der Waals surface area (Å²) in [5, 5.41) is 0. The van der Waals surface area contributed by atoms with Gasteiger partial charge in [-0.1, -0.05) is 11.3 Å². The summed E-state index contributed by atoms with van der Waals surface area (Å²) < 4.78 is 21.4. The second-order valence-corrected chi connectivity index (χ2v) is 8.50. The molecule has 0 heterocycles. The standard InChI is InChI=1S/C16H29NO3S/c1-6-14(17-21(19)16(3,4)5)12-8-10-13(11-9-12)15(18)20-7-2/h12-13H,6-11H2,1-5H3/b17-14+/t12?,13?,21-/m1/s1. The summed E-state index contributed by atoms with van der Waals surface area (Å²) in [5.74, 6) is 0.337. The molecule has 0 spiro atoms. The van der Waals surface area contributed by atoms with Crippen LogP contribution in [0.3, 0.4) is 0 Å². The second-order valence-electron chi connectivity index (χ2n) is 6.60. The Morgan fingerprint density at radius 1 is 1.19 bits per heavy atom. The van der Waals surface area contributed by atoms with Crippen LogP contribution in [-0.2, 0) is 20.9 Å². The maximum absolute atomic E-state index is 12.2. The number of hydrogen-bond donors (Lipinski definition) is 0. The Bertz CT molecular complexity index is 368. The van der Waals surface area contributed by atoms with Gasteiger partial charge in [-0.2, -0.15) is 0 Å². The molecule has 0 aliphatic heterocycles. The summed E-state index contributed by atoms with van der Waals surface area (Å²) in [6.45, 7) is 10.2. The van der Waals surface area contributed by atoms with Crippen LogP contribution in [0.4, 0.5) is 0 Å². The average Bonchev–Trinajstić information content (AvgIpc) is 2.44. The lowest BCUT2D eigenvalue weighted by Gasteiger charge is -2.28. The third kappa shape index (κ3) is 5.62. The van der Waals surface area contributed by atoms with Gasteiger partial charge in [-0.15, -0.1) is 0 Å². The van der Waals surface area contributed by atoms with Gasteiger partial charge in [0, 0.05) is 5.92 Å². The van der Waals surface area contributed by atoms with Crippen molar-refractivity contribution in [2.45, 2.75) is 71.5 Å². The molecule has 1 aliphatic carbocycles. The van der Waals surface area contributed by atoms with Gasteiger partial charge in [-0.3, -0.25) is 4.79 Å². The molecule has 1 atom stereocenters. The van der Waals surface area contributed by atoms with Crippen LogP contribution in [0.1, 0.15) is 66.7 Å². The van der Waals surface area contributed by atoms with Crippen LogP contribution in [0.15, 0.2) is 4.40 Å². The van der Waals surface area contributed by atoms with Crippen LogP contribution < -0.4 is 0 Å². The lowest BCUT2D eigenvalue weighted by molar-refractivity contribution is -0.149. The molecule has 0 radical (unpaired) electrons. The third-order valence-corrected chi connectivity index (χ3v) is 5.35. The molecule has 4 nitrogen and oxygen atoms in total. The van der Waals surface area contributed by atoms with Gasteiger partial charge in [0.1, 0.15) is 16.1 Å². The smallest absolute Gasteiger partial charge is 0.308 e. The monoisotopic (exact) mass is 315 g/mol. The predicted molar refractivity (Wildman–Crippen MR) is 87.7 cm³/mol. The molecule has 1 aliphatic rings. The zero-order valence-corrected chi connectivity index (χ0v) is 14.8. The molecule has 0 amide bonds. The molecule has 0 unspecified atom stereocenters. The predicted octanol–water partition coefficient (Wildman–Crippen LogP) is 3.67. The highest BCUT2D eigenvalue weighted by molar-refractivity contribution is 7.91. The maximum Gasteiger partial charge on any atom is 0.308 e. The van der Waals surface area contributed by atoms with Crippen molar-refractivity contribution in [3.8, 4) is 0 Å². The van der Waals surface area contributed by atoms with Crippen LogP contribution in [0.25, 0.3) is 0 Å². The maximum atomic E-state index is 12.2. The Labute approximate surface area is 132 Å². The summed E-state index contributed by atoms with van der Waals surface area (Å²) in [6.07, 6.45) is 4.42. The Kier molecular flexibility index (Phi) is 7.21. The van der Waals surface area contributed by atoms with Crippen molar-refractivity contribution in [2.75, 3.05) is 6.61 Å². The minimum absolute atomic E-state index is 0.0346. The molecular formula is C16H29NO3S. The van der Waals surface area contributed by atoms with Crippen LogP contribution in [0.2, 0.25) is 0 Å². The van der Waals surface area contributed by atoms with E-state index < -0.39 is 11.4 Å². The van der Waals surface area contributed by atoms with Crippen LogP contribution in [-0.4, -0.2) is 27.6 Å². The summed E-state index contributed by atoms with van der Waals surface area (Å²) in [6, 6.07) is 0. The highest BCUT2D eigenvalue weighted by atomic mass is 32.2. The Morgan fingerprint density at radius 2 is 1.71 bits per heavy atom. The van der Waals surface area contributed by atoms with Crippen molar-refractivity contribution in [1.29, 1.82) is 0 Å². The van der Waals surface area contributed by atoms with Gasteiger partial charge in [0.15, 0.2) is 0 Å². The molecule has 5 heteroatoms. The molecule has 0 bridgehead atoms. The van der Waals surface area contributed by atoms with Crippen molar-refractivity contribution >= 4 is 23.0 Å². The van der Waals surface area contributed by atoms with E-state index in [1.807, 2.05) is 27.7 Å². The fourth-order valence-electron chi connectivity index (χ4n) is 2.59. The quantitative estimate of drug-likeness (QED) is 0.442. The fraction of sp³-hybridized carbons (Fsp3) is 0.875. The fourth-order valence-corrected chi connectivity index (χ4v) is 3.36. The van der Waals surface area contributed by atoms with Crippen molar-refractivity contribution < 1.29 is 14.1 Å². The second kappa shape index (κ2) is 8.18. The van der Waals surface area contributed by atoms with Gasteiger partial charge < -0.3 is 9.29 Å². The molecule has 0 aromatic heterocycles. The lowest BCUT2D eigenvalue weighted by atomic mass is 9.79. The van der Waals surface area contributed by atoms with Gasteiger partial charge in [-0.25, -0.2) is 0 Å². The first kappa shape index (κ1) is 18.5. The topological polar surface area (TPSA) is 61.7 Å². The number of ether oxygens (including phenoxy) is 1. The SMILES string of the molecule is CCOC(=O)C1CCC(/C(CC)=N/[S@+]([O-])C(C)(C)C)CC1. The van der Waals surface area contributed by atoms with Crippen LogP contribution in [0.5, 0.6) is 0 Å². The summed E-state index contributed by atoms with van der Waals surface area (Å²) in [5.41, 5.74) is 1.05. The number of carbonyl (C=O) groups excluding carboxylic acids is 1. The van der Waals surface area contributed by atoms with E-state index in [0.717, 1.165) is 37.8 Å². The van der Waals surface area contributed by atoms with E-state index in [2.05, 4.69) is 11.3 Å². The zero-order chi connectivity index (χ0) is 16.0. The highest BCUT2D eigenvalue weighted by Crippen LogP contribution is 2.32. The molecular weight excluding hydrogens is 286 g/mol. The largest absolute Gasteiger partial charge is 0.591 e. The summed E-state index contributed by atoms with van der Waals surface area (Å²) >= 11 is -1.19. The Morgan fingerprint density at radius 3 is 2.14 bits per heavy atom. The minimum atomic E-state index is -1.19. The third-order valence-electron chi connectivity index (χ3n) is 3.90. The first-order chi connectivity index (χ1) is 9.79. The molecule has 21 heavy (non-hydrogen) atoms. The van der Waals surface area contributed by atoms with Gasteiger partial charge >= 0.3 is 5.97 Å². The molecule has 1 fully saturated rings. The van der Waals surface area contributed by atoms with E-state index in [0.29, 0.717) is 12.5 Å². The molecule has 122 valence electrons. The molecule has 0 aromatic carbocycles. The van der Waals surface area contributed by atoms with E-state index in [-0.39, 0.29) is 16.6 Å². The van der Waals surface area contributed by atoms with Crippen molar-refractivity contribution in [2.24, 2.45) is 16.2 Å². The van der Waals surface area contributed by atoms with Gasteiger partial charge in [0.2, 0.25) is 0 Å². The minimum Gasteiger partial charge on any atom is -0.591 e. The highest BCUT2D eigenvalue weighted by Gasteiger charge is 2.32. The molecule has 1 rings (SSSR count). The van der Waals surface area contributed by atoms with E-state index in [1.54, 1.807) is 0 Å². The number of carbonyl (C=O) groups is 1. The van der Waals surface area contributed by atoms with E-state index in [4.69, 9.17) is 4.74 Å². The van der Waals surface area contributed by atoms with Crippen molar-refractivity contribution in [3.63, 3.8) is 0 Å². The first-order valence-electron chi connectivity index (χ1n) is 7.95. The Balaban J connectivity index is 2.62. The normalized spacial score (nSPS) is 25.5. The molecule has 0 aromatic rings. The summed E-state index contributed by atoms with van der Waals surface area (Å²) in [4.78, 5) is 11.8. The first-order valence-corrected chi connectivity index (χ1v) is 9.06. The number of hydrogen-bond acceptors (Lipinski definition) is 4. The summed E-state index contributed by atoms with van der Waals surface area (Å²) in [7, 11) is 0. The van der Waals surface area contributed by atoms with E-state index in [9.17, 15) is 9.35 Å². The van der Waals surface area contributed by atoms with Crippen LogP contribution in [0, 0.1) is 11.8 Å². The zero-order valence-electron chi connectivity index (χ0n) is 14.0. The lowest BCUT2D eigenvalue weighted by Crippen LogP contribution is -2.30. The molecule has 0 N–H and O–H groups in total. The molecule has 1 saturated carbocycles. The number of esters is 1. The van der Waals surface area contributed by atoms with Gasteiger partial charge in [0.25, 0.3) is 0 Å².